The highest BCUT2D eigenvalue weighted by molar-refractivity contribution is 6.42. The van der Waals surface area contributed by atoms with E-state index in [2.05, 4.69) is 15.1 Å². The maximum absolute atomic E-state index is 11.0. The fourth-order valence-corrected chi connectivity index (χ4v) is 1.97. The van der Waals surface area contributed by atoms with Crippen LogP contribution in [-0.2, 0) is 9.63 Å². The number of rotatable bonds is 7. The van der Waals surface area contributed by atoms with Gasteiger partial charge in [-0.1, -0.05) is 16.8 Å². The molecule has 0 unspecified atom stereocenters. The molecule has 8 heteroatoms. The summed E-state index contributed by atoms with van der Waals surface area (Å²) in [5.41, 5.74) is 1.11. The highest BCUT2D eigenvalue weighted by atomic mass is 35.5. The Bertz CT molecular complexity index is 766. The van der Waals surface area contributed by atoms with Crippen LogP contribution in [0.15, 0.2) is 53.3 Å². The van der Waals surface area contributed by atoms with Gasteiger partial charge in [-0.15, -0.1) is 5.10 Å². The Hall–Kier alpha value is -2.80. The first-order chi connectivity index (χ1) is 11.5. The predicted octanol–water partition coefficient (Wildman–Crippen LogP) is 2.94. The van der Waals surface area contributed by atoms with Gasteiger partial charge in [0, 0.05) is 17.3 Å². The van der Waals surface area contributed by atoms with E-state index in [-0.39, 0.29) is 12.3 Å². The molecule has 0 radical (unpaired) electrons. The van der Waals surface area contributed by atoms with Gasteiger partial charge in [-0.2, -0.15) is 0 Å². The van der Waals surface area contributed by atoms with Gasteiger partial charge in [0.05, 0.1) is 5.69 Å². The summed E-state index contributed by atoms with van der Waals surface area (Å²) >= 11 is 5.85. The summed E-state index contributed by atoms with van der Waals surface area (Å²) in [7, 11) is 1.29. The minimum Gasteiger partial charge on any atom is -0.476 e. The summed E-state index contributed by atoms with van der Waals surface area (Å²) < 4.78 is 7.14. The van der Waals surface area contributed by atoms with Gasteiger partial charge in [-0.05, 0) is 42.8 Å². The molecule has 0 saturated carbocycles. The molecule has 0 amide bonds. The Kier molecular flexibility index (Phi) is 5.97. The molecule has 24 heavy (non-hydrogen) atoms. The van der Waals surface area contributed by atoms with Crippen molar-refractivity contribution in [3.8, 4) is 11.6 Å². The zero-order chi connectivity index (χ0) is 17.5. The second-order valence-corrected chi connectivity index (χ2v) is 5.14. The average Bonchev–Trinajstić information content (AvgIpc) is 3.01. The van der Waals surface area contributed by atoms with Crippen LogP contribution in [-0.4, -0.2) is 40.3 Å². The van der Waals surface area contributed by atoms with E-state index in [1.807, 2.05) is 12.1 Å². The van der Waals surface area contributed by atoms with Crippen molar-refractivity contribution in [2.45, 2.75) is 6.92 Å². The zero-order valence-electron chi connectivity index (χ0n) is 13.1. The predicted molar refractivity (Wildman–Crippen MR) is 89.9 cm³/mol. The van der Waals surface area contributed by atoms with Crippen molar-refractivity contribution in [1.82, 2.24) is 9.78 Å². The van der Waals surface area contributed by atoms with E-state index >= 15 is 0 Å². The number of carboxylic acid groups (broad SMARTS) is 1. The van der Waals surface area contributed by atoms with E-state index in [0.717, 1.165) is 5.69 Å². The fraction of sp³-hybridized carbons (Fsp3) is 0.188. The average molecular weight is 350 g/mol. The van der Waals surface area contributed by atoms with E-state index in [1.54, 1.807) is 42.1 Å². The van der Waals surface area contributed by atoms with Gasteiger partial charge < -0.3 is 14.7 Å². The lowest BCUT2D eigenvalue weighted by Gasteiger charge is -2.03. The Labute approximate surface area is 143 Å². The number of carbonyl (C=O) groups is 1. The third-order valence-electron chi connectivity index (χ3n) is 3.04. The maximum Gasteiger partial charge on any atom is 0.358 e. The molecule has 0 saturated heterocycles. The lowest BCUT2D eigenvalue weighted by atomic mass is 10.2. The zero-order valence-corrected chi connectivity index (χ0v) is 13.9. The topological polar surface area (TPSA) is 85.9 Å². The number of aromatic nitrogens is 2. The number of benzene rings is 1. The Morgan fingerprint density at radius 1 is 1.38 bits per heavy atom. The van der Waals surface area contributed by atoms with Crippen LogP contribution >= 0.6 is 11.6 Å². The van der Waals surface area contributed by atoms with Crippen LogP contribution in [0.3, 0.4) is 0 Å². The minimum absolute atomic E-state index is 0.152. The molecule has 1 heterocycles. The van der Waals surface area contributed by atoms with Gasteiger partial charge in [0.25, 0.3) is 0 Å². The van der Waals surface area contributed by atoms with Gasteiger partial charge in [0.2, 0.25) is 5.88 Å². The number of hydrogen-bond acceptors (Lipinski definition) is 5. The first kappa shape index (κ1) is 17.6. The molecule has 0 spiro atoms. The highest BCUT2D eigenvalue weighted by Crippen LogP contribution is 2.15. The number of hydrogen-bond donors (Lipinski definition) is 1. The van der Waals surface area contributed by atoms with Crippen molar-refractivity contribution >= 4 is 23.3 Å². The van der Waals surface area contributed by atoms with Crippen molar-refractivity contribution in [2.75, 3.05) is 13.7 Å². The largest absolute Gasteiger partial charge is 0.476 e. The van der Waals surface area contributed by atoms with Crippen molar-refractivity contribution in [3.05, 3.63) is 53.2 Å². The number of nitrogens with zero attached hydrogens (tertiary/aromatic N) is 3. The second kappa shape index (κ2) is 8.16. The van der Waals surface area contributed by atoms with Crippen molar-refractivity contribution in [1.29, 1.82) is 0 Å². The first-order valence-electron chi connectivity index (χ1n) is 6.97. The fourth-order valence-electron chi connectivity index (χ4n) is 1.84. The molecule has 1 aromatic heterocycles. The molecular weight excluding hydrogens is 334 g/mol. The van der Waals surface area contributed by atoms with Crippen LogP contribution in [0.5, 0.6) is 5.88 Å². The normalized spacial score (nSPS) is 12.1. The van der Waals surface area contributed by atoms with Crippen LogP contribution in [0, 0.1) is 0 Å². The molecule has 1 aromatic carbocycles. The summed E-state index contributed by atoms with van der Waals surface area (Å²) in [4.78, 5) is 15.5. The maximum atomic E-state index is 11.0. The van der Waals surface area contributed by atoms with Gasteiger partial charge in [0.1, 0.15) is 13.7 Å². The van der Waals surface area contributed by atoms with E-state index in [9.17, 15) is 4.79 Å². The standard InChI is InChI=1S/C16H16ClN3O4/c1-11(15(16(21)22)19-23-2)8-10-24-14-7-9-20(18-14)13-5-3-12(17)4-6-13/h3-9H,10H2,1-2H3,(H,21,22)/b11-8-,19-15+. The van der Waals surface area contributed by atoms with Crippen LogP contribution < -0.4 is 4.74 Å². The van der Waals surface area contributed by atoms with Crippen LogP contribution in [0.25, 0.3) is 5.69 Å². The van der Waals surface area contributed by atoms with Gasteiger partial charge in [-0.25, -0.2) is 9.48 Å². The highest BCUT2D eigenvalue weighted by Gasteiger charge is 2.12. The molecule has 0 bridgehead atoms. The monoisotopic (exact) mass is 349 g/mol. The van der Waals surface area contributed by atoms with Gasteiger partial charge in [0.15, 0.2) is 5.71 Å². The first-order valence-corrected chi connectivity index (χ1v) is 7.35. The lowest BCUT2D eigenvalue weighted by molar-refractivity contribution is -0.129. The summed E-state index contributed by atoms with van der Waals surface area (Å²) in [5, 5.41) is 17.4. The molecule has 0 atom stereocenters. The number of ether oxygens (including phenoxy) is 1. The summed E-state index contributed by atoms with van der Waals surface area (Å²) in [6.07, 6.45) is 3.34. The number of carboxylic acids is 1. The second-order valence-electron chi connectivity index (χ2n) is 4.70. The molecule has 1 N–H and O–H groups in total. The van der Waals surface area contributed by atoms with Gasteiger partial charge >= 0.3 is 5.97 Å². The molecule has 0 fully saturated rings. The van der Waals surface area contributed by atoms with Crippen LogP contribution in [0.2, 0.25) is 5.02 Å². The SMILES string of the molecule is CO/N=C(C(=O)O)\C(C)=C/COc1ccn(-c2ccc(Cl)cc2)n1. The van der Waals surface area contributed by atoms with Crippen LogP contribution in [0.4, 0.5) is 0 Å². The summed E-state index contributed by atoms with van der Waals surface area (Å²) in [5.74, 6) is -0.757. The number of halogens is 1. The number of aliphatic carboxylic acids is 1. The van der Waals surface area contributed by atoms with Crippen molar-refractivity contribution in [3.63, 3.8) is 0 Å². The van der Waals surface area contributed by atoms with Crippen molar-refractivity contribution in [2.24, 2.45) is 5.16 Å². The molecule has 0 aliphatic rings. The Balaban J connectivity index is 2.00. The van der Waals surface area contributed by atoms with E-state index in [0.29, 0.717) is 16.5 Å². The molecule has 126 valence electrons. The summed E-state index contributed by atoms with van der Waals surface area (Å²) in [6, 6.07) is 8.92. The van der Waals surface area contributed by atoms with Crippen LogP contribution in [0.1, 0.15) is 6.92 Å². The minimum atomic E-state index is -1.17. The van der Waals surface area contributed by atoms with E-state index < -0.39 is 5.97 Å². The third kappa shape index (κ3) is 4.60. The molecule has 0 aliphatic heterocycles. The Morgan fingerprint density at radius 3 is 2.71 bits per heavy atom. The molecule has 0 aliphatic carbocycles. The van der Waals surface area contributed by atoms with Gasteiger partial charge in [-0.3, -0.25) is 0 Å². The Morgan fingerprint density at radius 2 is 2.08 bits per heavy atom. The van der Waals surface area contributed by atoms with Crippen molar-refractivity contribution < 1.29 is 19.5 Å². The molecular formula is C16H16ClN3O4. The number of oxime groups is 1. The third-order valence-corrected chi connectivity index (χ3v) is 3.29. The molecule has 2 aromatic rings. The molecule has 2 rings (SSSR count). The summed E-state index contributed by atoms with van der Waals surface area (Å²) in [6.45, 7) is 1.77. The van der Waals surface area contributed by atoms with E-state index in [4.69, 9.17) is 21.4 Å². The van der Waals surface area contributed by atoms with E-state index in [1.165, 1.54) is 7.11 Å². The smallest absolute Gasteiger partial charge is 0.358 e. The quantitative estimate of drug-likeness (QED) is 0.613. The molecule has 7 nitrogen and oxygen atoms in total. The lowest BCUT2D eigenvalue weighted by Crippen LogP contribution is -2.15.